The number of aromatic nitrogens is 3. The molecule has 0 amide bonds. The summed E-state index contributed by atoms with van der Waals surface area (Å²) in [5, 5.41) is 17.5. The van der Waals surface area contributed by atoms with Crippen LogP contribution in [0.5, 0.6) is 0 Å². The molecule has 0 unspecified atom stereocenters. The lowest BCUT2D eigenvalue weighted by Gasteiger charge is -2.08. The number of halogens is 1. The Kier molecular flexibility index (Phi) is 3.22. The second-order valence-electron chi connectivity index (χ2n) is 4.33. The summed E-state index contributed by atoms with van der Waals surface area (Å²) in [5.41, 5.74) is 0.464. The molecular weight excluding hydrogens is 263 g/mol. The van der Waals surface area contributed by atoms with Crippen molar-refractivity contribution in [2.24, 2.45) is 0 Å². The van der Waals surface area contributed by atoms with E-state index in [9.17, 15) is 4.39 Å². The van der Waals surface area contributed by atoms with Crippen LogP contribution >= 0.6 is 11.8 Å². The molecular formula is C13H11FN4S. The summed E-state index contributed by atoms with van der Waals surface area (Å²) < 4.78 is 15.8. The van der Waals surface area contributed by atoms with Crippen LogP contribution in [0, 0.1) is 17.1 Å². The minimum absolute atomic E-state index is 0.298. The molecule has 1 fully saturated rings. The summed E-state index contributed by atoms with van der Waals surface area (Å²) in [6, 6.07) is 8.97. The Morgan fingerprint density at radius 3 is 2.84 bits per heavy atom. The van der Waals surface area contributed by atoms with E-state index in [1.54, 1.807) is 18.2 Å². The molecule has 1 heterocycles. The van der Waals surface area contributed by atoms with Crippen molar-refractivity contribution in [2.45, 2.75) is 24.0 Å². The number of benzene rings is 1. The van der Waals surface area contributed by atoms with E-state index in [0.717, 1.165) is 12.8 Å². The largest absolute Gasteiger partial charge is 0.299 e. The predicted molar refractivity (Wildman–Crippen MR) is 70.0 cm³/mol. The first-order valence-corrected chi connectivity index (χ1v) is 6.99. The van der Waals surface area contributed by atoms with Crippen molar-refractivity contribution in [3.05, 3.63) is 30.1 Å². The lowest BCUT2D eigenvalue weighted by Crippen LogP contribution is -2.01. The summed E-state index contributed by atoms with van der Waals surface area (Å²) >= 11 is 1.34. The third-order valence-electron chi connectivity index (χ3n) is 2.96. The van der Waals surface area contributed by atoms with Crippen molar-refractivity contribution in [3.8, 4) is 17.5 Å². The van der Waals surface area contributed by atoms with Gasteiger partial charge in [0.25, 0.3) is 0 Å². The van der Waals surface area contributed by atoms with Crippen LogP contribution in [0.2, 0.25) is 0 Å². The average molecular weight is 274 g/mol. The average Bonchev–Trinajstić information content (AvgIpc) is 3.18. The van der Waals surface area contributed by atoms with Gasteiger partial charge in [-0.05, 0) is 25.0 Å². The standard InChI is InChI=1S/C13H11FN4S/c14-11-4-2-1-3-10(11)12-16-17-13(19-8-7-15)18(12)9-5-6-9/h1-4,9H,5-6,8H2. The molecule has 3 rings (SSSR count). The molecule has 0 radical (unpaired) electrons. The summed E-state index contributed by atoms with van der Waals surface area (Å²) in [4.78, 5) is 0. The number of nitrogens with zero attached hydrogens (tertiary/aromatic N) is 4. The monoisotopic (exact) mass is 274 g/mol. The second kappa shape index (κ2) is 5.02. The Hall–Kier alpha value is -1.87. The van der Waals surface area contributed by atoms with E-state index < -0.39 is 0 Å². The van der Waals surface area contributed by atoms with Gasteiger partial charge in [-0.25, -0.2) is 4.39 Å². The quantitative estimate of drug-likeness (QED) is 0.804. The Morgan fingerprint density at radius 2 is 2.16 bits per heavy atom. The van der Waals surface area contributed by atoms with E-state index in [1.807, 2.05) is 4.57 Å². The first-order chi connectivity index (χ1) is 9.31. The zero-order chi connectivity index (χ0) is 13.2. The van der Waals surface area contributed by atoms with Gasteiger partial charge in [0.05, 0.1) is 17.4 Å². The van der Waals surface area contributed by atoms with E-state index in [0.29, 0.717) is 28.3 Å². The maximum Gasteiger partial charge on any atom is 0.192 e. The molecule has 1 aliphatic rings. The van der Waals surface area contributed by atoms with Crippen molar-refractivity contribution in [1.29, 1.82) is 5.26 Å². The van der Waals surface area contributed by atoms with Crippen molar-refractivity contribution in [1.82, 2.24) is 14.8 Å². The van der Waals surface area contributed by atoms with Gasteiger partial charge >= 0.3 is 0 Å². The van der Waals surface area contributed by atoms with Crippen LogP contribution < -0.4 is 0 Å². The van der Waals surface area contributed by atoms with Gasteiger partial charge in [-0.2, -0.15) is 5.26 Å². The Labute approximate surface area is 114 Å². The van der Waals surface area contributed by atoms with E-state index in [1.165, 1.54) is 17.8 Å². The molecule has 0 saturated heterocycles. The zero-order valence-corrected chi connectivity index (χ0v) is 10.9. The SMILES string of the molecule is N#CCSc1nnc(-c2ccccc2F)n1C1CC1. The predicted octanol–water partition coefficient (Wildman–Crippen LogP) is 3.03. The Morgan fingerprint density at radius 1 is 1.37 bits per heavy atom. The lowest BCUT2D eigenvalue weighted by molar-refractivity contribution is 0.622. The van der Waals surface area contributed by atoms with Gasteiger partial charge in [0.2, 0.25) is 0 Å². The Balaban J connectivity index is 2.05. The normalized spacial score (nSPS) is 14.3. The molecule has 0 aliphatic heterocycles. The topological polar surface area (TPSA) is 54.5 Å². The molecule has 4 nitrogen and oxygen atoms in total. The zero-order valence-electron chi connectivity index (χ0n) is 10.1. The van der Waals surface area contributed by atoms with Crippen molar-refractivity contribution < 1.29 is 4.39 Å². The summed E-state index contributed by atoms with van der Waals surface area (Å²) in [6.07, 6.45) is 2.11. The number of hydrogen-bond donors (Lipinski definition) is 0. The number of nitriles is 1. The molecule has 96 valence electrons. The molecule has 0 spiro atoms. The molecule has 0 bridgehead atoms. The maximum absolute atomic E-state index is 13.9. The van der Waals surface area contributed by atoms with E-state index in [2.05, 4.69) is 16.3 Å². The molecule has 1 saturated carbocycles. The van der Waals surface area contributed by atoms with Crippen molar-refractivity contribution in [2.75, 3.05) is 5.75 Å². The van der Waals surface area contributed by atoms with Gasteiger partial charge in [0.15, 0.2) is 11.0 Å². The molecule has 1 aromatic carbocycles. The summed E-state index contributed by atoms with van der Waals surface area (Å²) in [5.74, 6) is 0.581. The molecule has 1 aromatic heterocycles. The second-order valence-corrected chi connectivity index (χ2v) is 5.28. The number of rotatable bonds is 4. The molecule has 6 heteroatoms. The fraction of sp³-hybridized carbons (Fsp3) is 0.308. The van der Waals surface area contributed by atoms with Gasteiger partial charge in [-0.1, -0.05) is 23.9 Å². The van der Waals surface area contributed by atoms with Crippen LogP contribution in [-0.2, 0) is 0 Å². The third-order valence-corrected chi connectivity index (χ3v) is 3.77. The molecule has 19 heavy (non-hydrogen) atoms. The minimum atomic E-state index is -0.298. The van der Waals surface area contributed by atoms with E-state index >= 15 is 0 Å². The van der Waals surface area contributed by atoms with Crippen LogP contribution in [0.15, 0.2) is 29.4 Å². The highest BCUT2D eigenvalue weighted by atomic mass is 32.2. The highest BCUT2D eigenvalue weighted by Crippen LogP contribution is 2.41. The van der Waals surface area contributed by atoms with Crippen LogP contribution in [0.25, 0.3) is 11.4 Å². The summed E-state index contributed by atoms with van der Waals surface area (Å²) in [6.45, 7) is 0. The number of hydrogen-bond acceptors (Lipinski definition) is 4. The first kappa shape index (κ1) is 12.2. The van der Waals surface area contributed by atoms with Crippen LogP contribution in [0.4, 0.5) is 4.39 Å². The highest BCUT2D eigenvalue weighted by molar-refractivity contribution is 7.99. The highest BCUT2D eigenvalue weighted by Gasteiger charge is 2.30. The molecule has 1 aliphatic carbocycles. The summed E-state index contributed by atoms with van der Waals surface area (Å²) in [7, 11) is 0. The smallest absolute Gasteiger partial charge is 0.192 e. The molecule has 2 aromatic rings. The van der Waals surface area contributed by atoms with Crippen molar-refractivity contribution >= 4 is 11.8 Å². The Bertz CT molecular complexity index is 642. The van der Waals surface area contributed by atoms with Gasteiger partial charge in [0.1, 0.15) is 5.82 Å². The molecule has 0 N–H and O–H groups in total. The van der Waals surface area contributed by atoms with Gasteiger partial charge in [0, 0.05) is 6.04 Å². The fourth-order valence-corrected chi connectivity index (χ4v) is 2.63. The minimum Gasteiger partial charge on any atom is -0.299 e. The molecule has 0 atom stereocenters. The van der Waals surface area contributed by atoms with E-state index in [4.69, 9.17) is 5.26 Å². The lowest BCUT2D eigenvalue weighted by atomic mass is 10.2. The van der Waals surface area contributed by atoms with Crippen LogP contribution in [-0.4, -0.2) is 20.5 Å². The fourth-order valence-electron chi connectivity index (χ4n) is 1.96. The van der Waals surface area contributed by atoms with E-state index in [-0.39, 0.29) is 5.82 Å². The van der Waals surface area contributed by atoms with Gasteiger partial charge in [-0.3, -0.25) is 4.57 Å². The van der Waals surface area contributed by atoms with Crippen LogP contribution in [0.3, 0.4) is 0 Å². The third kappa shape index (κ3) is 2.34. The van der Waals surface area contributed by atoms with Crippen LogP contribution in [0.1, 0.15) is 18.9 Å². The first-order valence-electron chi connectivity index (χ1n) is 6.01. The van der Waals surface area contributed by atoms with Gasteiger partial charge in [-0.15, -0.1) is 10.2 Å². The maximum atomic E-state index is 13.9. The van der Waals surface area contributed by atoms with Gasteiger partial charge < -0.3 is 0 Å². The van der Waals surface area contributed by atoms with Crippen molar-refractivity contribution in [3.63, 3.8) is 0 Å². The number of thioether (sulfide) groups is 1.